The quantitative estimate of drug-likeness (QED) is 0.790. The Morgan fingerprint density at radius 2 is 2.00 bits per heavy atom. The average Bonchev–Trinajstić information content (AvgIpc) is 3.24. The fourth-order valence-electron chi connectivity index (χ4n) is 2.97. The van der Waals surface area contributed by atoms with Crippen LogP contribution >= 0.6 is 11.6 Å². The van der Waals surface area contributed by atoms with Gasteiger partial charge in [-0.15, -0.1) is 0 Å². The van der Waals surface area contributed by atoms with E-state index in [0.29, 0.717) is 30.0 Å². The van der Waals surface area contributed by atoms with Gasteiger partial charge in [-0.2, -0.15) is 15.0 Å². The SMILES string of the molecule is COc1ccc(-n2nccn2)c(C(=O)N2CCC[C@@]2(C)C(=O)Cl)c1. The first-order valence-corrected chi connectivity index (χ1v) is 7.92. The molecule has 0 spiro atoms. The average molecular weight is 349 g/mol. The summed E-state index contributed by atoms with van der Waals surface area (Å²) < 4.78 is 5.23. The minimum atomic E-state index is -1.00. The van der Waals surface area contributed by atoms with Crippen LogP contribution in [0.15, 0.2) is 30.6 Å². The molecule has 1 aromatic heterocycles. The van der Waals surface area contributed by atoms with Crippen LogP contribution in [0.25, 0.3) is 5.69 Å². The van der Waals surface area contributed by atoms with Crippen LogP contribution in [-0.2, 0) is 4.79 Å². The van der Waals surface area contributed by atoms with E-state index in [1.54, 1.807) is 25.1 Å². The highest BCUT2D eigenvalue weighted by molar-refractivity contribution is 6.65. The van der Waals surface area contributed by atoms with Crippen LogP contribution in [0.2, 0.25) is 0 Å². The molecule has 1 fully saturated rings. The Morgan fingerprint density at radius 1 is 1.29 bits per heavy atom. The predicted octanol–water partition coefficient (Wildman–Crippen LogP) is 2.04. The molecule has 3 rings (SSSR count). The van der Waals surface area contributed by atoms with E-state index in [0.717, 1.165) is 6.42 Å². The van der Waals surface area contributed by atoms with Gasteiger partial charge in [0.05, 0.1) is 30.8 Å². The highest BCUT2D eigenvalue weighted by Crippen LogP contribution is 2.34. The molecule has 0 bridgehead atoms. The molecule has 1 aromatic carbocycles. The summed E-state index contributed by atoms with van der Waals surface area (Å²) in [6, 6.07) is 5.06. The summed E-state index contributed by atoms with van der Waals surface area (Å²) in [6.45, 7) is 2.16. The van der Waals surface area contributed by atoms with E-state index < -0.39 is 10.8 Å². The topological polar surface area (TPSA) is 77.3 Å². The first kappa shape index (κ1) is 16.4. The van der Waals surface area contributed by atoms with Gasteiger partial charge in [0.2, 0.25) is 5.24 Å². The van der Waals surface area contributed by atoms with Crippen molar-refractivity contribution in [2.24, 2.45) is 0 Å². The van der Waals surface area contributed by atoms with Gasteiger partial charge in [-0.3, -0.25) is 9.59 Å². The Morgan fingerprint density at radius 3 is 2.62 bits per heavy atom. The molecule has 0 N–H and O–H groups in total. The maximum absolute atomic E-state index is 13.1. The molecule has 0 aliphatic carbocycles. The summed E-state index contributed by atoms with van der Waals surface area (Å²) in [5.41, 5.74) is -0.130. The highest BCUT2D eigenvalue weighted by Gasteiger charge is 2.45. The molecule has 7 nitrogen and oxygen atoms in total. The van der Waals surface area contributed by atoms with E-state index in [1.165, 1.54) is 29.2 Å². The number of halogens is 1. The van der Waals surface area contributed by atoms with Crippen molar-refractivity contribution in [3.63, 3.8) is 0 Å². The van der Waals surface area contributed by atoms with Crippen LogP contribution in [0, 0.1) is 0 Å². The van der Waals surface area contributed by atoms with Crippen LogP contribution in [0.3, 0.4) is 0 Å². The molecule has 1 atom stereocenters. The largest absolute Gasteiger partial charge is 0.497 e. The number of hydrogen-bond donors (Lipinski definition) is 0. The van der Waals surface area contributed by atoms with Crippen LogP contribution in [0.5, 0.6) is 5.75 Å². The Bertz CT molecular complexity index is 778. The minimum absolute atomic E-state index is 0.296. The molecule has 2 aromatic rings. The monoisotopic (exact) mass is 348 g/mol. The summed E-state index contributed by atoms with van der Waals surface area (Å²) in [7, 11) is 1.53. The summed E-state index contributed by atoms with van der Waals surface area (Å²) in [5.74, 6) is 0.238. The summed E-state index contributed by atoms with van der Waals surface area (Å²) in [5, 5.41) is 7.64. The number of rotatable bonds is 4. The lowest BCUT2D eigenvalue weighted by atomic mass is 9.99. The number of ether oxygens (including phenoxy) is 1. The number of carbonyl (C=O) groups excluding carboxylic acids is 2. The van der Waals surface area contributed by atoms with Gasteiger partial charge >= 0.3 is 0 Å². The number of methoxy groups -OCH3 is 1. The molecule has 0 radical (unpaired) electrons. The molecule has 2 heterocycles. The lowest BCUT2D eigenvalue weighted by Gasteiger charge is -2.32. The van der Waals surface area contributed by atoms with Crippen molar-refractivity contribution in [1.29, 1.82) is 0 Å². The van der Waals surface area contributed by atoms with Crippen molar-refractivity contribution in [2.75, 3.05) is 13.7 Å². The molecular formula is C16H17ClN4O3. The van der Waals surface area contributed by atoms with Crippen molar-refractivity contribution in [2.45, 2.75) is 25.3 Å². The van der Waals surface area contributed by atoms with E-state index in [1.807, 2.05) is 0 Å². The zero-order valence-corrected chi connectivity index (χ0v) is 14.2. The lowest BCUT2D eigenvalue weighted by Crippen LogP contribution is -2.49. The molecule has 1 amide bonds. The number of likely N-dealkylation sites (tertiary alicyclic amines) is 1. The Labute approximate surface area is 144 Å². The molecule has 24 heavy (non-hydrogen) atoms. The van der Waals surface area contributed by atoms with Crippen molar-refractivity contribution >= 4 is 22.8 Å². The number of aromatic nitrogens is 3. The zero-order chi connectivity index (χ0) is 17.3. The Hall–Kier alpha value is -2.41. The normalized spacial score (nSPS) is 20.2. The number of amides is 1. The van der Waals surface area contributed by atoms with Gasteiger partial charge in [-0.1, -0.05) is 0 Å². The summed E-state index contributed by atoms with van der Waals surface area (Å²) in [6.07, 6.45) is 4.32. The van der Waals surface area contributed by atoms with Crippen LogP contribution in [0.1, 0.15) is 30.1 Å². The molecule has 0 saturated carbocycles. The standard InChI is InChI=1S/C16H17ClN4O3/c1-16(15(17)23)6-3-9-20(16)14(22)12-10-11(24-2)4-5-13(12)21-18-7-8-19-21/h4-5,7-8,10H,3,6,9H2,1-2H3/t16-/m0/s1. The molecular weight excluding hydrogens is 332 g/mol. The second-order valence-electron chi connectivity index (χ2n) is 5.81. The highest BCUT2D eigenvalue weighted by atomic mass is 35.5. The number of carbonyl (C=O) groups is 2. The summed E-state index contributed by atoms with van der Waals surface area (Å²) >= 11 is 5.76. The molecule has 1 saturated heterocycles. The number of nitrogens with zero attached hydrogens (tertiary/aromatic N) is 4. The maximum atomic E-state index is 13.1. The Kier molecular flexibility index (Phi) is 4.28. The van der Waals surface area contributed by atoms with Gasteiger partial charge in [0, 0.05) is 6.54 Å². The van der Waals surface area contributed by atoms with E-state index in [9.17, 15) is 9.59 Å². The molecule has 126 valence electrons. The number of benzene rings is 1. The van der Waals surface area contributed by atoms with E-state index in [-0.39, 0.29) is 5.91 Å². The second-order valence-corrected chi connectivity index (χ2v) is 6.15. The van der Waals surface area contributed by atoms with Crippen LogP contribution in [0.4, 0.5) is 0 Å². The molecule has 1 aliphatic heterocycles. The zero-order valence-electron chi connectivity index (χ0n) is 13.4. The third-order valence-corrected chi connectivity index (χ3v) is 4.79. The molecule has 1 aliphatic rings. The molecule has 0 unspecified atom stereocenters. The molecule has 8 heteroatoms. The van der Waals surface area contributed by atoms with Crippen LogP contribution in [-0.4, -0.2) is 50.2 Å². The third-order valence-electron chi connectivity index (χ3n) is 4.38. The smallest absolute Gasteiger partial charge is 0.257 e. The van der Waals surface area contributed by atoms with Crippen molar-refractivity contribution in [3.8, 4) is 11.4 Å². The van der Waals surface area contributed by atoms with Gasteiger partial charge in [-0.25, -0.2) is 0 Å². The third kappa shape index (κ3) is 2.65. The van der Waals surface area contributed by atoms with E-state index >= 15 is 0 Å². The predicted molar refractivity (Wildman–Crippen MR) is 87.4 cm³/mol. The Balaban J connectivity index is 2.07. The van der Waals surface area contributed by atoms with Crippen molar-refractivity contribution in [1.82, 2.24) is 19.9 Å². The van der Waals surface area contributed by atoms with E-state index in [4.69, 9.17) is 16.3 Å². The van der Waals surface area contributed by atoms with Gasteiger partial charge in [0.15, 0.2) is 0 Å². The van der Waals surface area contributed by atoms with E-state index in [2.05, 4.69) is 10.2 Å². The second kappa shape index (κ2) is 6.24. The van der Waals surface area contributed by atoms with Crippen molar-refractivity contribution in [3.05, 3.63) is 36.2 Å². The maximum Gasteiger partial charge on any atom is 0.257 e. The summed E-state index contributed by atoms with van der Waals surface area (Å²) in [4.78, 5) is 27.9. The minimum Gasteiger partial charge on any atom is -0.497 e. The van der Waals surface area contributed by atoms with Gasteiger partial charge in [-0.05, 0) is 49.6 Å². The van der Waals surface area contributed by atoms with Gasteiger partial charge in [0.25, 0.3) is 5.91 Å². The van der Waals surface area contributed by atoms with Crippen molar-refractivity contribution < 1.29 is 14.3 Å². The fourth-order valence-corrected chi connectivity index (χ4v) is 3.16. The van der Waals surface area contributed by atoms with Crippen LogP contribution < -0.4 is 4.74 Å². The lowest BCUT2D eigenvalue weighted by molar-refractivity contribution is -0.119. The van der Waals surface area contributed by atoms with Gasteiger partial charge in [0.1, 0.15) is 11.3 Å². The van der Waals surface area contributed by atoms with Gasteiger partial charge < -0.3 is 9.64 Å². The number of hydrogen-bond acceptors (Lipinski definition) is 5. The first-order chi connectivity index (χ1) is 11.5. The first-order valence-electron chi connectivity index (χ1n) is 7.54. The fraction of sp³-hybridized carbons (Fsp3) is 0.375.